The fraction of sp³-hybridized carbons (Fsp3) is 0.400. The van der Waals surface area contributed by atoms with Gasteiger partial charge in [0.2, 0.25) is 0 Å². The number of aliphatic hydroxyl groups is 1. The molecule has 14 heavy (non-hydrogen) atoms. The lowest BCUT2D eigenvalue weighted by atomic mass is 9.95. The van der Waals surface area contributed by atoms with E-state index in [9.17, 15) is 9.50 Å². The van der Waals surface area contributed by atoms with E-state index in [0.29, 0.717) is 5.02 Å². The second-order valence-electron chi connectivity index (χ2n) is 3.43. The molecule has 0 saturated heterocycles. The van der Waals surface area contributed by atoms with Gasteiger partial charge in [-0.25, -0.2) is 4.39 Å². The maximum atomic E-state index is 13.4. The SMILES string of the molecule is CNCC(C)(O)c1ccc(Cl)cc1F. The Balaban J connectivity index is 3.06. The van der Waals surface area contributed by atoms with E-state index >= 15 is 0 Å². The van der Waals surface area contributed by atoms with Gasteiger partial charge in [0, 0.05) is 17.1 Å². The van der Waals surface area contributed by atoms with Crippen molar-refractivity contribution < 1.29 is 9.50 Å². The van der Waals surface area contributed by atoms with Crippen LogP contribution in [0.15, 0.2) is 18.2 Å². The average molecular weight is 218 g/mol. The maximum absolute atomic E-state index is 13.4. The van der Waals surface area contributed by atoms with Crippen LogP contribution in [0.3, 0.4) is 0 Å². The van der Waals surface area contributed by atoms with Crippen molar-refractivity contribution in [1.82, 2.24) is 5.32 Å². The fourth-order valence-corrected chi connectivity index (χ4v) is 1.52. The third-order valence-electron chi connectivity index (χ3n) is 2.03. The molecule has 0 heterocycles. The molecule has 78 valence electrons. The number of benzene rings is 1. The second kappa shape index (κ2) is 4.26. The molecule has 2 N–H and O–H groups in total. The van der Waals surface area contributed by atoms with E-state index in [-0.39, 0.29) is 12.1 Å². The predicted molar refractivity (Wildman–Crippen MR) is 54.9 cm³/mol. The van der Waals surface area contributed by atoms with Crippen LogP contribution in [0, 0.1) is 5.82 Å². The van der Waals surface area contributed by atoms with Gasteiger partial charge >= 0.3 is 0 Å². The molecule has 0 amide bonds. The van der Waals surface area contributed by atoms with E-state index in [1.165, 1.54) is 12.1 Å². The highest BCUT2D eigenvalue weighted by molar-refractivity contribution is 6.30. The molecule has 0 bridgehead atoms. The van der Waals surface area contributed by atoms with Crippen LogP contribution in [0.5, 0.6) is 0 Å². The molecular formula is C10H13ClFNO. The van der Waals surface area contributed by atoms with Gasteiger partial charge in [0.1, 0.15) is 11.4 Å². The lowest BCUT2D eigenvalue weighted by Crippen LogP contribution is -2.34. The standard InChI is InChI=1S/C10H13ClFNO/c1-10(14,6-13-2)8-4-3-7(11)5-9(8)12/h3-5,13-14H,6H2,1-2H3. The number of rotatable bonds is 3. The van der Waals surface area contributed by atoms with Gasteiger partial charge in [-0.3, -0.25) is 0 Å². The van der Waals surface area contributed by atoms with E-state index in [1.54, 1.807) is 20.0 Å². The second-order valence-corrected chi connectivity index (χ2v) is 3.86. The zero-order valence-electron chi connectivity index (χ0n) is 8.14. The molecule has 0 aliphatic rings. The predicted octanol–water partition coefficient (Wildman–Crippen LogP) is 1.91. The molecule has 1 aromatic rings. The first-order valence-corrected chi connectivity index (χ1v) is 4.67. The lowest BCUT2D eigenvalue weighted by Gasteiger charge is -2.23. The van der Waals surface area contributed by atoms with E-state index in [2.05, 4.69) is 5.32 Å². The topological polar surface area (TPSA) is 32.3 Å². The van der Waals surface area contributed by atoms with Gasteiger partial charge in [0.25, 0.3) is 0 Å². The van der Waals surface area contributed by atoms with Gasteiger partial charge < -0.3 is 10.4 Å². The van der Waals surface area contributed by atoms with E-state index in [4.69, 9.17) is 11.6 Å². The van der Waals surface area contributed by atoms with Crippen molar-refractivity contribution in [1.29, 1.82) is 0 Å². The summed E-state index contributed by atoms with van der Waals surface area (Å²) in [5, 5.41) is 13.0. The van der Waals surface area contributed by atoms with Crippen molar-refractivity contribution in [3.8, 4) is 0 Å². The quantitative estimate of drug-likeness (QED) is 0.811. The van der Waals surface area contributed by atoms with Gasteiger partial charge in [-0.1, -0.05) is 17.7 Å². The van der Waals surface area contributed by atoms with Gasteiger partial charge in [0.15, 0.2) is 0 Å². The molecule has 0 aliphatic heterocycles. The van der Waals surface area contributed by atoms with Crippen molar-refractivity contribution in [3.63, 3.8) is 0 Å². The summed E-state index contributed by atoms with van der Waals surface area (Å²) in [5.41, 5.74) is -0.972. The minimum Gasteiger partial charge on any atom is -0.384 e. The van der Waals surface area contributed by atoms with Crippen LogP contribution in [0.25, 0.3) is 0 Å². The summed E-state index contributed by atoms with van der Waals surface area (Å²) in [6.45, 7) is 1.83. The zero-order valence-corrected chi connectivity index (χ0v) is 8.90. The summed E-state index contributed by atoms with van der Waals surface area (Å²) in [4.78, 5) is 0. The van der Waals surface area contributed by atoms with Crippen LogP contribution in [0.1, 0.15) is 12.5 Å². The molecule has 0 radical (unpaired) electrons. The van der Waals surface area contributed by atoms with E-state index in [0.717, 1.165) is 0 Å². The van der Waals surface area contributed by atoms with Crippen molar-refractivity contribution in [2.24, 2.45) is 0 Å². The Morgan fingerprint density at radius 2 is 2.21 bits per heavy atom. The van der Waals surface area contributed by atoms with Crippen molar-refractivity contribution in [3.05, 3.63) is 34.6 Å². The van der Waals surface area contributed by atoms with Crippen molar-refractivity contribution in [2.45, 2.75) is 12.5 Å². The number of likely N-dealkylation sites (N-methyl/N-ethyl adjacent to an activating group) is 1. The number of nitrogens with one attached hydrogen (secondary N) is 1. The smallest absolute Gasteiger partial charge is 0.130 e. The average Bonchev–Trinajstić information content (AvgIpc) is 2.02. The van der Waals surface area contributed by atoms with Gasteiger partial charge in [-0.05, 0) is 26.1 Å². The molecule has 0 aromatic heterocycles. The first-order chi connectivity index (χ1) is 6.47. The van der Waals surface area contributed by atoms with Crippen LogP contribution in [0.2, 0.25) is 5.02 Å². The first-order valence-electron chi connectivity index (χ1n) is 4.30. The molecule has 1 aromatic carbocycles. The monoisotopic (exact) mass is 217 g/mol. The van der Waals surface area contributed by atoms with E-state index in [1.807, 2.05) is 0 Å². The van der Waals surface area contributed by atoms with Crippen LogP contribution < -0.4 is 5.32 Å². The Hall–Kier alpha value is -0.640. The highest BCUT2D eigenvalue weighted by atomic mass is 35.5. The third-order valence-corrected chi connectivity index (χ3v) is 2.27. The summed E-state index contributed by atoms with van der Waals surface area (Å²) in [6.07, 6.45) is 0. The minimum atomic E-state index is -1.22. The molecule has 0 spiro atoms. The Labute approximate surface area is 87.7 Å². The zero-order chi connectivity index (χ0) is 10.8. The van der Waals surface area contributed by atoms with Gasteiger partial charge in [-0.15, -0.1) is 0 Å². The maximum Gasteiger partial charge on any atom is 0.130 e. The lowest BCUT2D eigenvalue weighted by molar-refractivity contribution is 0.0554. The normalized spacial score (nSPS) is 15.2. The van der Waals surface area contributed by atoms with Gasteiger partial charge in [-0.2, -0.15) is 0 Å². The Morgan fingerprint density at radius 1 is 1.57 bits per heavy atom. The third kappa shape index (κ3) is 2.44. The number of halogens is 2. The molecule has 1 unspecified atom stereocenters. The Kier molecular flexibility index (Phi) is 3.48. The number of hydrogen-bond acceptors (Lipinski definition) is 2. The molecular weight excluding hydrogens is 205 g/mol. The molecule has 1 atom stereocenters. The highest BCUT2D eigenvalue weighted by Gasteiger charge is 2.25. The number of hydrogen-bond donors (Lipinski definition) is 2. The largest absolute Gasteiger partial charge is 0.384 e. The fourth-order valence-electron chi connectivity index (χ4n) is 1.37. The van der Waals surface area contributed by atoms with E-state index < -0.39 is 11.4 Å². The highest BCUT2D eigenvalue weighted by Crippen LogP contribution is 2.24. The summed E-state index contributed by atoms with van der Waals surface area (Å²) < 4.78 is 13.4. The Bertz CT molecular complexity index is 328. The van der Waals surface area contributed by atoms with Crippen molar-refractivity contribution >= 4 is 11.6 Å². The molecule has 4 heteroatoms. The van der Waals surface area contributed by atoms with Crippen LogP contribution >= 0.6 is 11.6 Å². The molecule has 0 saturated carbocycles. The van der Waals surface area contributed by atoms with Crippen LogP contribution in [-0.4, -0.2) is 18.7 Å². The van der Waals surface area contributed by atoms with Gasteiger partial charge in [0.05, 0.1) is 0 Å². The molecule has 1 rings (SSSR count). The summed E-state index contributed by atoms with van der Waals surface area (Å²) >= 11 is 5.61. The molecule has 2 nitrogen and oxygen atoms in total. The first kappa shape index (κ1) is 11.4. The minimum absolute atomic E-state index is 0.247. The summed E-state index contributed by atoms with van der Waals surface area (Å²) in [6, 6.07) is 4.25. The summed E-state index contributed by atoms with van der Waals surface area (Å²) in [7, 11) is 1.70. The molecule has 0 fully saturated rings. The van der Waals surface area contributed by atoms with Crippen molar-refractivity contribution in [2.75, 3.05) is 13.6 Å². The molecule has 0 aliphatic carbocycles. The van der Waals surface area contributed by atoms with Crippen LogP contribution in [-0.2, 0) is 5.60 Å². The Morgan fingerprint density at radius 3 is 2.71 bits per heavy atom. The van der Waals surface area contributed by atoms with Crippen LogP contribution in [0.4, 0.5) is 4.39 Å². The summed E-state index contributed by atoms with van der Waals surface area (Å²) in [5.74, 6) is -0.488.